The van der Waals surface area contributed by atoms with Gasteiger partial charge in [0.2, 0.25) is 0 Å². The second kappa shape index (κ2) is 20.1. The van der Waals surface area contributed by atoms with Gasteiger partial charge in [0.25, 0.3) is 0 Å². The van der Waals surface area contributed by atoms with Crippen molar-refractivity contribution in [2.45, 2.75) is 58.0 Å². The summed E-state index contributed by atoms with van der Waals surface area (Å²) in [5.41, 5.74) is 4.95. The molecule has 1 aliphatic rings. The van der Waals surface area contributed by atoms with Crippen LogP contribution in [0, 0.1) is 6.92 Å². The minimum atomic E-state index is -0.358. The Kier molecular flexibility index (Phi) is 14.8. The Hall–Kier alpha value is -5.06. The summed E-state index contributed by atoms with van der Waals surface area (Å²) >= 11 is 0. The van der Waals surface area contributed by atoms with Crippen molar-refractivity contribution in [2.24, 2.45) is 0 Å². The van der Waals surface area contributed by atoms with E-state index in [1.807, 2.05) is 91.9 Å². The normalized spacial score (nSPS) is 15.5. The van der Waals surface area contributed by atoms with Crippen LogP contribution in [0.4, 0.5) is 4.79 Å². The minimum absolute atomic E-state index is 0.0526. The minimum Gasteiger partial charge on any atom is -0.496 e. The molecule has 0 aliphatic carbocycles. The number of likely N-dealkylation sites (tertiary alicyclic amines) is 1. The number of benzene rings is 4. The van der Waals surface area contributed by atoms with Gasteiger partial charge < -0.3 is 38.1 Å². The SMILES string of the molecule is COC(=O)CCOc1cc(COC2CN(C(=O)OCc3ccccc3)CCC2c2ccc(OCCCOCc3ccccc3OC)cc2)ccc1C. The summed E-state index contributed by atoms with van der Waals surface area (Å²) in [5, 5.41) is 0. The second-order valence-electron chi connectivity index (χ2n) is 12.6. The topological polar surface area (TPSA) is 102 Å². The average Bonchev–Trinajstić information content (AvgIpc) is 3.19. The first-order valence-corrected chi connectivity index (χ1v) is 17.7. The highest BCUT2D eigenvalue weighted by molar-refractivity contribution is 5.69. The van der Waals surface area contributed by atoms with Crippen LogP contribution in [0.2, 0.25) is 0 Å². The molecule has 10 heteroatoms. The van der Waals surface area contributed by atoms with Crippen molar-refractivity contribution < 1.29 is 42.7 Å². The largest absolute Gasteiger partial charge is 0.496 e. The third-order valence-corrected chi connectivity index (χ3v) is 8.99. The van der Waals surface area contributed by atoms with Crippen LogP contribution >= 0.6 is 0 Å². The molecule has 0 radical (unpaired) electrons. The second-order valence-corrected chi connectivity index (χ2v) is 12.6. The molecule has 1 heterocycles. The first-order valence-electron chi connectivity index (χ1n) is 17.7. The number of piperidine rings is 1. The fourth-order valence-electron chi connectivity index (χ4n) is 6.05. The van der Waals surface area contributed by atoms with E-state index < -0.39 is 0 Å². The molecule has 2 unspecified atom stereocenters. The lowest BCUT2D eigenvalue weighted by Crippen LogP contribution is -2.47. The molecule has 0 N–H and O–H groups in total. The standard InChI is InChI=1S/C42H49NO9/c1-31-14-15-33(26-39(31)50-25-21-41(44)47-3)29-51-40-27-43(42(45)52-28-32-10-5-4-6-11-32)22-20-37(40)34-16-18-36(19-17-34)49-24-9-23-48-30-35-12-7-8-13-38(35)46-2/h4-8,10-19,26,37,40H,9,20-25,27-30H2,1-3H3. The van der Waals surface area contributed by atoms with Crippen LogP contribution in [0.5, 0.6) is 17.2 Å². The van der Waals surface area contributed by atoms with Crippen molar-refractivity contribution in [3.05, 3.63) is 125 Å². The third-order valence-electron chi connectivity index (χ3n) is 8.99. The molecule has 1 saturated heterocycles. The van der Waals surface area contributed by atoms with Crippen molar-refractivity contribution in [2.75, 3.05) is 47.1 Å². The number of para-hydroxylation sites is 1. The summed E-state index contributed by atoms with van der Waals surface area (Å²) in [5.74, 6) is 2.03. The van der Waals surface area contributed by atoms with E-state index in [0.29, 0.717) is 51.7 Å². The molecule has 10 nitrogen and oxygen atoms in total. The van der Waals surface area contributed by atoms with E-state index in [4.69, 9.17) is 33.2 Å². The van der Waals surface area contributed by atoms with Crippen LogP contribution in [-0.4, -0.2) is 70.2 Å². The highest BCUT2D eigenvalue weighted by Crippen LogP contribution is 2.33. The Bertz CT molecular complexity index is 1700. The number of hydrogen-bond donors (Lipinski definition) is 0. The molecular weight excluding hydrogens is 662 g/mol. The zero-order valence-corrected chi connectivity index (χ0v) is 30.3. The molecule has 0 aromatic heterocycles. The highest BCUT2D eigenvalue weighted by Gasteiger charge is 2.34. The predicted molar refractivity (Wildman–Crippen MR) is 197 cm³/mol. The van der Waals surface area contributed by atoms with Gasteiger partial charge in [-0.05, 0) is 59.9 Å². The van der Waals surface area contributed by atoms with E-state index in [1.54, 1.807) is 12.0 Å². The quantitative estimate of drug-likeness (QED) is 0.0761. The molecule has 0 saturated carbocycles. The number of hydrogen-bond acceptors (Lipinski definition) is 9. The van der Waals surface area contributed by atoms with Gasteiger partial charge in [0, 0.05) is 24.4 Å². The Morgan fingerprint density at radius 1 is 0.769 bits per heavy atom. The first kappa shape index (κ1) is 38.2. The number of nitrogens with zero attached hydrogens (tertiary/aromatic N) is 1. The smallest absolute Gasteiger partial charge is 0.410 e. The molecule has 0 bridgehead atoms. The van der Waals surface area contributed by atoms with E-state index in [1.165, 1.54) is 7.11 Å². The summed E-state index contributed by atoms with van der Waals surface area (Å²) in [4.78, 5) is 26.4. The Balaban J connectivity index is 1.17. The molecular formula is C42H49NO9. The van der Waals surface area contributed by atoms with Crippen LogP contribution < -0.4 is 14.2 Å². The maximum absolute atomic E-state index is 13.2. The fraction of sp³-hybridized carbons (Fsp3) is 0.381. The zero-order valence-electron chi connectivity index (χ0n) is 30.3. The van der Waals surface area contributed by atoms with Crippen LogP contribution in [0.3, 0.4) is 0 Å². The number of amides is 1. The number of esters is 1. The molecule has 276 valence electrons. The van der Waals surface area contributed by atoms with Gasteiger partial charge in [-0.3, -0.25) is 4.79 Å². The fourth-order valence-corrected chi connectivity index (χ4v) is 6.05. The lowest BCUT2D eigenvalue weighted by atomic mass is 9.87. The molecule has 4 aromatic carbocycles. The number of carbonyl (C=O) groups is 2. The lowest BCUT2D eigenvalue weighted by Gasteiger charge is -2.38. The van der Waals surface area contributed by atoms with Crippen molar-refractivity contribution in [3.63, 3.8) is 0 Å². The number of methoxy groups -OCH3 is 2. The van der Waals surface area contributed by atoms with Gasteiger partial charge in [-0.15, -0.1) is 0 Å². The van der Waals surface area contributed by atoms with Crippen molar-refractivity contribution >= 4 is 12.1 Å². The Labute approximate surface area is 306 Å². The van der Waals surface area contributed by atoms with Crippen molar-refractivity contribution in [3.8, 4) is 17.2 Å². The van der Waals surface area contributed by atoms with E-state index >= 15 is 0 Å². The maximum Gasteiger partial charge on any atom is 0.410 e. The molecule has 4 aromatic rings. The molecule has 1 fully saturated rings. The molecule has 5 rings (SSSR count). The van der Waals surface area contributed by atoms with Gasteiger partial charge in [-0.1, -0.05) is 72.8 Å². The van der Waals surface area contributed by atoms with E-state index in [-0.39, 0.29) is 43.7 Å². The molecule has 1 amide bonds. The molecule has 2 atom stereocenters. The van der Waals surface area contributed by atoms with Gasteiger partial charge in [0.05, 0.1) is 66.3 Å². The third kappa shape index (κ3) is 11.5. The molecule has 1 aliphatic heterocycles. The summed E-state index contributed by atoms with van der Waals surface area (Å²) in [6, 6.07) is 31.5. The van der Waals surface area contributed by atoms with Gasteiger partial charge in [0.15, 0.2) is 0 Å². The van der Waals surface area contributed by atoms with E-state index in [2.05, 4.69) is 12.1 Å². The van der Waals surface area contributed by atoms with Crippen molar-refractivity contribution in [1.29, 1.82) is 0 Å². The van der Waals surface area contributed by atoms with Crippen LogP contribution in [0.1, 0.15) is 53.0 Å². The lowest BCUT2D eigenvalue weighted by molar-refractivity contribution is -0.141. The van der Waals surface area contributed by atoms with Gasteiger partial charge in [-0.25, -0.2) is 4.79 Å². The van der Waals surface area contributed by atoms with Gasteiger partial charge in [-0.2, -0.15) is 0 Å². The summed E-state index contributed by atoms with van der Waals surface area (Å²) in [6.45, 7) is 5.24. The summed E-state index contributed by atoms with van der Waals surface area (Å²) in [6.07, 6.45) is 0.991. The van der Waals surface area contributed by atoms with E-state index in [9.17, 15) is 9.59 Å². The highest BCUT2D eigenvalue weighted by atomic mass is 16.6. The van der Waals surface area contributed by atoms with E-state index in [0.717, 1.165) is 45.7 Å². The number of aryl methyl sites for hydroxylation is 1. The Morgan fingerprint density at radius 2 is 1.56 bits per heavy atom. The molecule has 0 spiro atoms. The molecule has 52 heavy (non-hydrogen) atoms. The summed E-state index contributed by atoms with van der Waals surface area (Å²) in [7, 11) is 3.02. The average molecular weight is 712 g/mol. The van der Waals surface area contributed by atoms with Crippen LogP contribution in [-0.2, 0) is 43.6 Å². The monoisotopic (exact) mass is 711 g/mol. The predicted octanol–water partition coefficient (Wildman–Crippen LogP) is 7.64. The number of rotatable bonds is 18. The number of carbonyl (C=O) groups excluding carboxylic acids is 2. The van der Waals surface area contributed by atoms with Crippen LogP contribution in [0.15, 0.2) is 97.1 Å². The number of ether oxygens (including phenoxy) is 7. The van der Waals surface area contributed by atoms with Crippen LogP contribution in [0.25, 0.3) is 0 Å². The zero-order chi connectivity index (χ0) is 36.5. The summed E-state index contributed by atoms with van der Waals surface area (Å²) < 4.78 is 40.1. The van der Waals surface area contributed by atoms with Gasteiger partial charge >= 0.3 is 12.1 Å². The Morgan fingerprint density at radius 3 is 2.35 bits per heavy atom. The first-order chi connectivity index (χ1) is 25.4. The maximum atomic E-state index is 13.2. The van der Waals surface area contributed by atoms with Gasteiger partial charge in [0.1, 0.15) is 23.9 Å². The van der Waals surface area contributed by atoms with Crippen molar-refractivity contribution in [1.82, 2.24) is 4.90 Å².